The number of hydrogen-bond acceptors (Lipinski definition) is 4. The second-order valence-electron chi connectivity index (χ2n) is 10.1. The van der Waals surface area contributed by atoms with Crippen molar-refractivity contribution in [2.24, 2.45) is 4.99 Å². The van der Waals surface area contributed by atoms with E-state index in [1.807, 2.05) is 54.7 Å². The molecular formula is C35H41NO3. The lowest BCUT2D eigenvalue weighted by molar-refractivity contribution is 0.105. The minimum atomic E-state index is 0.0367. The van der Waals surface area contributed by atoms with Crippen LogP contribution in [-0.2, 0) is 6.42 Å². The predicted octanol–water partition coefficient (Wildman–Crippen LogP) is 8.64. The summed E-state index contributed by atoms with van der Waals surface area (Å²) in [4.78, 5) is 18.4. The molecule has 3 aromatic carbocycles. The summed E-state index contributed by atoms with van der Waals surface area (Å²) in [6.45, 7) is 6.37. The van der Waals surface area contributed by atoms with E-state index in [0.29, 0.717) is 18.8 Å². The molecule has 1 aliphatic carbocycles. The van der Waals surface area contributed by atoms with Gasteiger partial charge in [0.1, 0.15) is 18.1 Å². The van der Waals surface area contributed by atoms with Crippen molar-refractivity contribution in [1.29, 1.82) is 0 Å². The third kappa shape index (κ3) is 7.92. The largest absolute Gasteiger partial charge is 0.494 e. The zero-order valence-electron chi connectivity index (χ0n) is 23.5. The zero-order valence-corrected chi connectivity index (χ0v) is 23.5. The first-order valence-electron chi connectivity index (χ1n) is 14.5. The third-order valence-corrected chi connectivity index (χ3v) is 7.12. The molecule has 3 aromatic rings. The number of aliphatic imine (C=N–C) groups is 1. The maximum atomic E-state index is 14.0. The fraction of sp³-hybridized carbons (Fsp3) is 0.371. The summed E-state index contributed by atoms with van der Waals surface area (Å²) in [6.07, 6.45) is 10.5. The number of rotatable bonds is 15. The van der Waals surface area contributed by atoms with E-state index in [1.54, 1.807) is 0 Å². The Morgan fingerprint density at radius 3 is 2.36 bits per heavy atom. The molecule has 0 atom stereocenters. The normalized spacial score (nSPS) is 13.0. The van der Waals surface area contributed by atoms with Crippen LogP contribution in [0.5, 0.6) is 11.5 Å². The molecule has 0 saturated heterocycles. The highest BCUT2D eigenvalue weighted by Gasteiger charge is 2.26. The summed E-state index contributed by atoms with van der Waals surface area (Å²) >= 11 is 0. The molecule has 204 valence electrons. The van der Waals surface area contributed by atoms with Gasteiger partial charge in [-0.05, 0) is 84.3 Å². The standard InChI is InChI=1S/C35H41NO3/c1-3-5-7-11-22-36-23-25-39-30-17-14-28(15-18-30)35(37)34-32(27-12-9-8-10-13-27)20-16-29-26-31(19-21-33(29)34)38-24-6-4-2/h8-10,12-15,17-19,21,23,26H,3-7,11,16,20,22,24-25H2,1-2H3. The van der Waals surface area contributed by atoms with Crippen LogP contribution in [0.4, 0.5) is 0 Å². The van der Waals surface area contributed by atoms with Gasteiger partial charge >= 0.3 is 0 Å². The Morgan fingerprint density at radius 2 is 1.59 bits per heavy atom. The molecule has 0 amide bonds. The summed E-state index contributed by atoms with van der Waals surface area (Å²) in [5.74, 6) is 1.65. The highest BCUT2D eigenvalue weighted by molar-refractivity contribution is 6.35. The quantitative estimate of drug-likeness (QED) is 0.114. The van der Waals surface area contributed by atoms with Crippen molar-refractivity contribution in [3.8, 4) is 11.5 Å². The molecule has 0 saturated carbocycles. The van der Waals surface area contributed by atoms with Crippen LogP contribution in [0.15, 0.2) is 77.8 Å². The first-order valence-corrected chi connectivity index (χ1v) is 14.5. The van der Waals surface area contributed by atoms with E-state index >= 15 is 0 Å². The third-order valence-electron chi connectivity index (χ3n) is 7.12. The van der Waals surface area contributed by atoms with Gasteiger partial charge in [-0.15, -0.1) is 0 Å². The Bertz CT molecular complexity index is 1260. The SMILES string of the molecule is CCCCCCN=CCOc1ccc(C(=O)C2=C(c3ccccc3)CCc3cc(OCCCC)ccc32)cc1. The van der Waals surface area contributed by atoms with Gasteiger partial charge in [0.15, 0.2) is 5.78 Å². The van der Waals surface area contributed by atoms with Crippen LogP contribution in [0.3, 0.4) is 0 Å². The second kappa shape index (κ2) is 15.1. The first-order chi connectivity index (χ1) is 19.2. The van der Waals surface area contributed by atoms with Crippen molar-refractivity contribution in [2.75, 3.05) is 19.8 Å². The molecule has 39 heavy (non-hydrogen) atoms. The number of ketones is 1. The number of benzene rings is 3. The number of nitrogens with zero attached hydrogens (tertiary/aromatic N) is 1. The number of hydrogen-bond donors (Lipinski definition) is 0. The maximum Gasteiger partial charge on any atom is 0.193 e. The van der Waals surface area contributed by atoms with Crippen molar-refractivity contribution in [3.05, 3.63) is 95.1 Å². The average molecular weight is 524 g/mol. The molecule has 4 nitrogen and oxygen atoms in total. The van der Waals surface area contributed by atoms with Gasteiger partial charge in [0.2, 0.25) is 0 Å². The summed E-state index contributed by atoms with van der Waals surface area (Å²) in [5, 5.41) is 0. The summed E-state index contributed by atoms with van der Waals surface area (Å²) in [5.41, 5.74) is 5.81. The Kier molecular flexibility index (Phi) is 10.9. The lowest BCUT2D eigenvalue weighted by Crippen LogP contribution is -2.13. The number of allylic oxidation sites excluding steroid dienone is 2. The van der Waals surface area contributed by atoms with Crippen LogP contribution in [0, 0.1) is 0 Å². The molecule has 4 rings (SSSR count). The molecule has 0 fully saturated rings. The van der Waals surface area contributed by atoms with Crippen LogP contribution in [0.1, 0.15) is 85.8 Å². The summed E-state index contributed by atoms with van der Waals surface area (Å²) in [7, 11) is 0. The Labute approximate surface area is 233 Å². The lowest BCUT2D eigenvalue weighted by Gasteiger charge is -2.24. The van der Waals surface area contributed by atoms with Crippen molar-refractivity contribution < 1.29 is 14.3 Å². The molecule has 0 heterocycles. The molecule has 0 radical (unpaired) electrons. The van der Waals surface area contributed by atoms with E-state index in [4.69, 9.17) is 9.47 Å². The highest BCUT2D eigenvalue weighted by atomic mass is 16.5. The highest BCUT2D eigenvalue weighted by Crippen LogP contribution is 2.40. The molecule has 0 N–H and O–H groups in total. The second-order valence-corrected chi connectivity index (χ2v) is 10.1. The molecule has 1 aliphatic rings. The zero-order chi connectivity index (χ0) is 27.3. The smallest absolute Gasteiger partial charge is 0.193 e. The Balaban J connectivity index is 1.51. The van der Waals surface area contributed by atoms with Crippen molar-refractivity contribution in [2.45, 2.75) is 65.2 Å². The molecule has 0 spiro atoms. The van der Waals surface area contributed by atoms with E-state index in [2.05, 4.69) is 43.1 Å². The van der Waals surface area contributed by atoms with E-state index in [9.17, 15) is 4.79 Å². The van der Waals surface area contributed by atoms with Gasteiger partial charge < -0.3 is 9.47 Å². The maximum absolute atomic E-state index is 14.0. The van der Waals surface area contributed by atoms with Gasteiger partial charge in [-0.1, -0.05) is 75.9 Å². The Hall–Kier alpha value is -3.66. The van der Waals surface area contributed by atoms with Crippen LogP contribution in [0.25, 0.3) is 11.1 Å². The fourth-order valence-electron chi connectivity index (χ4n) is 4.93. The van der Waals surface area contributed by atoms with Crippen LogP contribution in [0.2, 0.25) is 0 Å². The van der Waals surface area contributed by atoms with E-state index in [1.165, 1.54) is 24.8 Å². The van der Waals surface area contributed by atoms with Crippen LogP contribution in [-0.4, -0.2) is 31.8 Å². The molecule has 0 unspecified atom stereocenters. The number of carbonyl (C=O) groups excluding carboxylic acids is 1. The fourth-order valence-corrected chi connectivity index (χ4v) is 4.93. The Morgan fingerprint density at radius 1 is 0.821 bits per heavy atom. The van der Waals surface area contributed by atoms with Gasteiger partial charge in [0.05, 0.1) is 6.61 Å². The van der Waals surface area contributed by atoms with Crippen LogP contribution >= 0.6 is 0 Å². The van der Waals surface area contributed by atoms with Gasteiger partial charge in [-0.25, -0.2) is 0 Å². The van der Waals surface area contributed by atoms with Gasteiger partial charge in [0, 0.05) is 23.9 Å². The van der Waals surface area contributed by atoms with E-state index in [-0.39, 0.29) is 5.78 Å². The number of unbranched alkanes of at least 4 members (excludes halogenated alkanes) is 4. The van der Waals surface area contributed by atoms with Crippen molar-refractivity contribution in [1.82, 2.24) is 0 Å². The molecular weight excluding hydrogens is 482 g/mol. The molecule has 0 bridgehead atoms. The number of fused-ring (bicyclic) bond motifs is 1. The summed E-state index contributed by atoms with van der Waals surface area (Å²) in [6, 6.07) is 23.9. The molecule has 0 aliphatic heterocycles. The van der Waals surface area contributed by atoms with E-state index in [0.717, 1.165) is 72.4 Å². The summed E-state index contributed by atoms with van der Waals surface area (Å²) < 4.78 is 11.8. The molecule has 0 aromatic heterocycles. The topological polar surface area (TPSA) is 47.9 Å². The minimum absolute atomic E-state index is 0.0367. The number of ether oxygens (including phenoxy) is 2. The van der Waals surface area contributed by atoms with Crippen molar-refractivity contribution in [3.63, 3.8) is 0 Å². The van der Waals surface area contributed by atoms with Crippen LogP contribution < -0.4 is 9.47 Å². The van der Waals surface area contributed by atoms with Gasteiger partial charge in [0.25, 0.3) is 0 Å². The average Bonchev–Trinajstić information content (AvgIpc) is 2.98. The van der Waals surface area contributed by atoms with Crippen molar-refractivity contribution >= 4 is 23.1 Å². The minimum Gasteiger partial charge on any atom is -0.494 e. The first kappa shape index (κ1) is 28.4. The van der Waals surface area contributed by atoms with E-state index < -0.39 is 0 Å². The lowest BCUT2D eigenvalue weighted by atomic mass is 9.79. The van der Waals surface area contributed by atoms with Gasteiger partial charge in [-0.3, -0.25) is 9.79 Å². The number of Topliss-reactive ketones (excluding diaryl/α,β-unsaturated/α-hetero) is 1. The predicted molar refractivity (Wildman–Crippen MR) is 162 cm³/mol. The monoisotopic (exact) mass is 523 g/mol. The van der Waals surface area contributed by atoms with Gasteiger partial charge in [-0.2, -0.15) is 0 Å². The number of carbonyl (C=O) groups is 1. The molecule has 4 heteroatoms. The number of aryl methyl sites for hydroxylation is 1.